The molecule has 0 aliphatic carbocycles. The third-order valence-corrected chi connectivity index (χ3v) is 11.7. The van der Waals surface area contributed by atoms with Crippen LogP contribution in [0.4, 0.5) is 0 Å². The maximum atomic E-state index is 13.0. The van der Waals surface area contributed by atoms with Gasteiger partial charge in [-0.1, -0.05) is 128 Å². The minimum absolute atomic E-state index is 0.0560. The van der Waals surface area contributed by atoms with Crippen LogP contribution in [-0.4, -0.2) is 142 Å². The highest BCUT2D eigenvalue weighted by molar-refractivity contribution is 5.69. The Hall–Kier alpha value is -1.53. The van der Waals surface area contributed by atoms with E-state index in [0.717, 1.165) is 64.2 Å². The number of rotatable bonds is 38. The van der Waals surface area contributed by atoms with Gasteiger partial charge in [-0.15, -0.1) is 0 Å². The van der Waals surface area contributed by atoms with Gasteiger partial charge in [-0.25, -0.2) is 0 Å². The van der Waals surface area contributed by atoms with Crippen LogP contribution in [0.25, 0.3) is 0 Å². The Morgan fingerprint density at radius 2 is 0.952 bits per heavy atom. The van der Waals surface area contributed by atoms with Crippen molar-refractivity contribution in [3.8, 4) is 0 Å². The first-order valence-corrected chi connectivity index (χ1v) is 24.4. The van der Waals surface area contributed by atoms with E-state index in [1.165, 1.54) is 83.5 Å². The van der Waals surface area contributed by atoms with Gasteiger partial charge in [0.25, 0.3) is 0 Å². The molecule has 14 heteroatoms. The van der Waals surface area contributed by atoms with E-state index >= 15 is 0 Å². The molecule has 0 spiro atoms. The molecule has 2 saturated heterocycles. The molecule has 0 amide bonds. The summed E-state index contributed by atoms with van der Waals surface area (Å²) in [6, 6.07) is 0. The lowest BCUT2D eigenvalue weighted by atomic mass is 9.98. The Labute approximate surface area is 373 Å². The van der Waals surface area contributed by atoms with Crippen LogP contribution < -0.4 is 0 Å². The van der Waals surface area contributed by atoms with Gasteiger partial charge in [-0.05, 0) is 64.2 Å². The Bertz CT molecular complexity index is 1120. The second-order valence-corrected chi connectivity index (χ2v) is 17.3. The molecule has 2 aliphatic rings. The van der Waals surface area contributed by atoms with Crippen LogP contribution in [0.5, 0.6) is 0 Å². The molecular formula is C48H88O14. The molecule has 0 aromatic carbocycles. The van der Waals surface area contributed by atoms with E-state index < -0.39 is 80.7 Å². The van der Waals surface area contributed by atoms with Crippen LogP contribution in [-0.2, 0) is 33.2 Å². The molecule has 0 bridgehead atoms. The van der Waals surface area contributed by atoms with Gasteiger partial charge < -0.3 is 64.2 Å². The summed E-state index contributed by atoms with van der Waals surface area (Å²) in [6.45, 7) is 3.64. The standard InChI is InChI=1S/C48H88O14/c1-3-5-7-9-11-13-15-17-19-21-23-25-27-29-31-40(50)60-37(34-57-32-30-28-26-24-22-20-18-16-14-12-10-8-6-4-2)35-58-47-46(56)44(54)42(52)39(62-47)36-59-48-45(55)43(53)41(51)38(33-49)61-48/h14-17,37-39,41-49,51-56H,3-13,18-36H2,1-2H3/b16-14-,17-15-. The lowest BCUT2D eigenvalue weighted by molar-refractivity contribution is -0.332. The number of carbonyl (C=O) groups is 1. The van der Waals surface area contributed by atoms with Crippen molar-refractivity contribution in [2.45, 2.75) is 242 Å². The first kappa shape index (κ1) is 56.6. The van der Waals surface area contributed by atoms with Crippen molar-refractivity contribution in [2.24, 2.45) is 0 Å². The molecule has 62 heavy (non-hydrogen) atoms. The largest absolute Gasteiger partial charge is 0.457 e. The molecule has 0 radical (unpaired) electrons. The number of unbranched alkanes of at least 4 members (excludes halogenated alkanes) is 20. The van der Waals surface area contributed by atoms with Crippen LogP contribution in [0.2, 0.25) is 0 Å². The highest BCUT2D eigenvalue weighted by Gasteiger charge is 2.47. The zero-order valence-electron chi connectivity index (χ0n) is 38.4. The number of ether oxygens (including phenoxy) is 6. The highest BCUT2D eigenvalue weighted by Crippen LogP contribution is 2.26. The second-order valence-electron chi connectivity index (χ2n) is 17.3. The fraction of sp³-hybridized carbons (Fsp3) is 0.896. The summed E-state index contributed by atoms with van der Waals surface area (Å²) in [7, 11) is 0. The van der Waals surface area contributed by atoms with Gasteiger partial charge in [0.2, 0.25) is 0 Å². The Kier molecular flexibility index (Phi) is 33.5. The van der Waals surface area contributed by atoms with Gasteiger partial charge in [0.05, 0.1) is 26.4 Å². The average molecular weight is 889 g/mol. The molecule has 2 aliphatic heterocycles. The first-order chi connectivity index (χ1) is 30.1. The number of hydrogen-bond donors (Lipinski definition) is 7. The summed E-state index contributed by atoms with van der Waals surface area (Å²) in [4.78, 5) is 13.0. The summed E-state index contributed by atoms with van der Waals surface area (Å²) in [6.07, 6.45) is 21.0. The number of esters is 1. The average Bonchev–Trinajstić information content (AvgIpc) is 3.27. The number of carbonyl (C=O) groups excluding carboxylic acids is 1. The van der Waals surface area contributed by atoms with Crippen molar-refractivity contribution in [3.63, 3.8) is 0 Å². The number of hydrogen-bond acceptors (Lipinski definition) is 14. The van der Waals surface area contributed by atoms with Crippen LogP contribution in [0.1, 0.15) is 174 Å². The van der Waals surface area contributed by atoms with Crippen molar-refractivity contribution in [3.05, 3.63) is 24.3 Å². The Morgan fingerprint density at radius 3 is 1.48 bits per heavy atom. The van der Waals surface area contributed by atoms with Crippen LogP contribution >= 0.6 is 0 Å². The van der Waals surface area contributed by atoms with Crippen molar-refractivity contribution in [2.75, 3.05) is 33.0 Å². The number of aliphatic hydroxyl groups excluding tert-OH is 7. The van der Waals surface area contributed by atoms with Crippen molar-refractivity contribution in [1.82, 2.24) is 0 Å². The van der Waals surface area contributed by atoms with Crippen LogP contribution in [0, 0.1) is 0 Å². The highest BCUT2D eigenvalue weighted by atomic mass is 16.7. The van der Waals surface area contributed by atoms with Gasteiger partial charge in [0.1, 0.15) is 54.9 Å². The summed E-state index contributed by atoms with van der Waals surface area (Å²) in [5, 5.41) is 72.0. The molecule has 7 N–H and O–H groups in total. The molecule has 2 rings (SSSR count). The minimum Gasteiger partial charge on any atom is -0.457 e. The first-order valence-electron chi connectivity index (χ1n) is 24.4. The lowest BCUT2D eigenvalue weighted by Gasteiger charge is -2.42. The summed E-state index contributed by atoms with van der Waals surface area (Å²) >= 11 is 0. The molecule has 2 heterocycles. The Balaban J connectivity index is 1.80. The van der Waals surface area contributed by atoms with Crippen LogP contribution in [0.3, 0.4) is 0 Å². The van der Waals surface area contributed by atoms with Gasteiger partial charge in [-0.3, -0.25) is 4.79 Å². The molecule has 0 saturated carbocycles. The predicted molar refractivity (Wildman–Crippen MR) is 238 cm³/mol. The SMILES string of the molecule is CCCCCC/C=C\CCCCCCCCOCC(COC1OC(COC2OC(CO)C(O)C(O)C2O)C(O)C(O)C1O)OC(=O)CCCCCCC/C=C\CCCCCCC. The normalized spacial score (nSPS) is 27.4. The zero-order chi connectivity index (χ0) is 45.2. The van der Waals surface area contributed by atoms with Crippen molar-refractivity contribution in [1.29, 1.82) is 0 Å². The van der Waals surface area contributed by atoms with E-state index in [-0.39, 0.29) is 25.6 Å². The second kappa shape index (κ2) is 36.7. The molecular weight excluding hydrogens is 801 g/mol. The molecule has 14 nitrogen and oxygen atoms in total. The number of aliphatic hydroxyl groups is 7. The monoisotopic (exact) mass is 889 g/mol. The molecule has 364 valence electrons. The predicted octanol–water partition coefficient (Wildman–Crippen LogP) is 6.46. The molecule has 2 fully saturated rings. The fourth-order valence-electron chi connectivity index (χ4n) is 7.63. The summed E-state index contributed by atoms with van der Waals surface area (Å²) < 4.78 is 34.2. The summed E-state index contributed by atoms with van der Waals surface area (Å²) in [5.41, 5.74) is 0. The quantitative estimate of drug-likeness (QED) is 0.0202. The Morgan fingerprint density at radius 1 is 0.516 bits per heavy atom. The molecule has 11 unspecified atom stereocenters. The van der Waals surface area contributed by atoms with E-state index in [2.05, 4.69) is 38.2 Å². The fourth-order valence-corrected chi connectivity index (χ4v) is 7.63. The molecule has 11 atom stereocenters. The summed E-state index contributed by atoms with van der Waals surface area (Å²) in [5.74, 6) is -0.387. The van der Waals surface area contributed by atoms with E-state index in [1.807, 2.05) is 0 Å². The smallest absolute Gasteiger partial charge is 0.306 e. The third-order valence-electron chi connectivity index (χ3n) is 11.7. The third kappa shape index (κ3) is 24.7. The van der Waals surface area contributed by atoms with Gasteiger partial charge in [-0.2, -0.15) is 0 Å². The van der Waals surface area contributed by atoms with Gasteiger partial charge in [0.15, 0.2) is 12.6 Å². The van der Waals surface area contributed by atoms with Crippen molar-refractivity contribution >= 4 is 5.97 Å². The van der Waals surface area contributed by atoms with E-state index in [4.69, 9.17) is 28.4 Å². The zero-order valence-corrected chi connectivity index (χ0v) is 38.4. The van der Waals surface area contributed by atoms with E-state index in [9.17, 15) is 40.5 Å². The van der Waals surface area contributed by atoms with E-state index in [0.29, 0.717) is 13.0 Å². The van der Waals surface area contributed by atoms with E-state index in [1.54, 1.807) is 0 Å². The van der Waals surface area contributed by atoms with Crippen molar-refractivity contribution < 1.29 is 69.0 Å². The van der Waals surface area contributed by atoms with Crippen LogP contribution in [0.15, 0.2) is 24.3 Å². The maximum Gasteiger partial charge on any atom is 0.306 e. The molecule has 0 aromatic rings. The van der Waals surface area contributed by atoms with Gasteiger partial charge >= 0.3 is 5.97 Å². The van der Waals surface area contributed by atoms with Gasteiger partial charge in [0, 0.05) is 13.0 Å². The topological polar surface area (TPSA) is 214 Å². The minimum atomic E-state index is -1.71. The number of allylic oxidation sites excluding steroid dienone is 4. The maximum absolute atomic E-state index is 13.0. The molecule has 0 aromatic heterocycles. The lowest BCUT2D eigenvalue weighted by Crippen LogP contribution is -2.61.